The van der Waals surface area contributed by atoms with Crippen LogP contribution in [0.2, 0.25) is 0 Å². The van der Waals surface area contributed by atoms with Crippen molar-refractivity contribution < 1.29 is 4.79 Å². The predicted molar refractivity (Wildman–Crippen MR) is 126 cm³/mol. The zero-order valence-corrected chi connectivity index (χ0v) is 19.0. The number of fused-ring (bicyclic) bond motifs is 3. The topological polar surface area (TPSA) is 97.4 Å². The van der Waals surface area contributed by atoms with Gasteiger partial charge < -0.3 is 10.2 Å². The minimum Gasteiger partial charge on any atom is -0.348 e. The van der Waals surface area contributed by atoms with Crippen LogP contribution in [0, 0.1) is 6.92 Å². The van der Waals surface area contributed by atoms with Gasteiger partial charge in [-0.05, 0) is 43.7 Å². The zero-order valence-electron chi connectivity index (χ0n) is 18.2. The number of aromatic nitrogens is 5. The van der Waals surface area contributed by atoms with Crippen LogP contribution in [0.25, 0.3) is 16.0 Å². The highest BCUT2D eigenvalue weighted by molar-refractivity contribution is 7.22. The van der Waals surface area contributed by atoms with Crippen molar-refractivity contribution in [2.75, 3.05) is 23.3 Å². The van der Waals surface area contributed by atoms with Crippen molar-refractivity contribution in [1.29, 1.82) is 0 Å². The van der Waals surface area contributed by atoms with Crippen LogP contribution in [-0.2, 0) is 17.8 Å². The Labute approximate surface area is 188 Å². The molecule has 0 unspecified atom stereocenters. The molecule has 0 spiro atoms. The van der Waals surface area contributed by atoms with Crippen LogP contribution >= 0.6 is 11.3 Å². The summed E-state index contributed by atoms with van der Waals surface area (Å²) in [5.74, 6) is -0.290. The predicted octanol–water partition coefficient (Wildman–Crippen LogP) is 3.00. The van der Waals surface area contributed by atoms with Gasteiger partial charge in [-0.2, -0.15) is 4.98 Å². The molecule has 1 aliphatic heterocycles. The molecule has 166 valence electrons. The van der Waals surface area contributed by atoms with Crippen molar-refractivity contribution in [3.8, 4) is 0 Å². The fraction of sp³-hybridized carbons (Fsp3) is 0.409. The van der Waals surface area contributed by atoms with E-state index in [1.54, 1.807) is 0 Å². The average Bonchev–Trinajstić information content (AvgIpc) is 3.37. The Morgan fingerprint density at radius 1 is 1.22 bits per heavy atom. The molecular weight excluding hydrogens is 426 g/mol. The Kier molecular flexibility index (Phi) is 5.38. The number of benzene rings is 1. The number of nitrogens with one attached hydrogen (secondary N) is 1. The van der Waals surface area contributed by atoms with Crippen LogP contribution in [0.1, 0.15) is 37.3 Å². The van der Waals surface area contributed by atoms with Gasteiger partial charge in [0.05, 0.1) is 0 Å². The molecule has 0 aliphatic carbocycles. The van der Waals surface area contributed by atoms with E-state index >= 15 is 0 Å². The molecule has 0 saturated carbocycles. The molecule has 1 amide bonds. The molecule has 4 aromatic rings. The van der Waals surface area contributed by atoms with Crippen LogP contribution in [0.15, 0.2) is 29.3 Å². The van der Waals surface area contributed by atoms with Gasteiger partial charge in [-0.1, -0.05) is 36.5 Å². The Balaban J connectivity index is 1.45. The summed E-state index contributed by atoms with van der Waals surface area (Å²) in [6, 6.07) is 5.92. The van der Waals surface area contributed by atoms with Gasteiger partial charge in [0.2, 0.25) is 5.91 Å². The summed E-state index contributed by atoms with van der Waals surface area (Å²) in [6.45, 7) is 5.80. The quantitative estimate of drug-likeness (QED) is 0.501. The Bertz CT molecular complexity index is 1360. The molecule has 4 heterocycles. The van der Waals surface area contributed by atoms with Crippen molar-refractivity contribution in [1.82, 2.24) is 24.1 Å². The van der Waals surface area contributed by atoms with Crippen molar-refractivity contribution >= 4 is 44.1 Å². The molecule has 1 saturated heterocycles. The first kappa shape index (κ1) is 20.6. The number of piperidine rings is 1. The van der Waals surface area contributed by atoms with Gasteiger partial charge in [0.15, 0.2) is 16.4 Å². The normalized spacial score (nSPS) is 14.4. The second-order valence-electron chi connectivity index (χ2n) is 8.09. The standard InChI is InChI=1S/C22H25N7O2S/c1-3-15-9-7-8-14(2)17(15)24-16(30)12-29-22(31)28-13-23-19-18(20(28)26-29)32-21(25-19)27-10-5-4-6-11-27/h7-9,13H,3-6,10-12H2,1-2H3,(H,24,30). The van der Waals surface area contributed by atoms with Crippen molar-refractivity contribution in [3.63, 3.8) is 0 Å². The Morgan fingerprint density at radius 2 is 2.03 bits per heavy atom. The summed E-state index contributed by atoms with van der Waals surface area (Å²) in [5.41, 5.74) is 3.52. The number of carbonyl (C=O) groups is 1. The second kappa shape index (κ2) is 8.34. The maximum absolute atomic E-state index is 12.9. The fourth-order valence-corrected chi connectivity index (χ4v) is 5.21. The number of nitrogens with zero attached hydrogens (tertiary/aromatic N) is 6. The number of amides is 1. The fourth-order valence-electron chi connectivity index (χ4n) is 4.17. The highest BCUT2D eigenvalue weighted by Crippen LogP contribution is 2.31. The highest BCUT2D eigenvalue weighted by atomic mass is 32.1. The summed E-state index contributed by atoms with van der Waals surface area (Å²) < 4.78 is 3.34. The number of rotatable bonds is 5. The minimum atomic E-state index is -0.391. The van der Waals surface area contributed by atoms with Crippen LogP contribution in [0.3, 0.4) is 0 Å². The molecule has 5 rings (SSSR count). The number of anilines is 2. The van der Waals surface area contributed by atoms with E-state index in [1.165, 1.54) is 33.2 Å². The molecule has 10 heteroatoms. The maximum atomic E-state index is 12.9. The van der Waals surface area contributed by atoms with Crippen molar-refractivity contribution in [3.05, 3.63) is 46.1 Å². The highest BCUT2D eigenvalue weighted by Gasteiger charge is 2.20. The maximum Gasteiger partial charge on any atom is 0.352 e. The number of hydrogen-bond acceptors (Lipinski definition) is 7. The second-order valence-corrected chi connectivity index (χ2v) is 9.06. The molecule has 0 radical (unpaired) electrons. The smallest absolute Gasteiger partial charge is 0.348 e. The lowest BCUT2D eigenvalue weighted by atomic mass is 10.1. The van der Waals surface area contributed by atoms with Crippen LogP contribution < -0.4 is 15.9 Å². The first-order valence-corrected chi connectivity index (χ1v) is 11.7. The third-order valence-corrected chi connectivity index (χ3v) is 6.99. The van der Waals surface area contributed by atoms with Gasteiger partial charge in [0, 0.05) is 18.8 Å². The molecule has 0 atom stereocenters. The lowest BCUT2D eigenvalue weighted by Gasteiger charge is -2.25. The van der Waals surface area contributed by atoms with Crippen LogP contribution in [0.5, 0.6) is 0 Å². The SMILES string of the molecule is CCc1cccc(C)c1NC(=O)Cn1nc2c3sc(N4CCCCC4)nc3ncn2c1=O. The van der Waals surface area contributed by atoms with Crippen LogP contribution in [0.4, 0.5) is 10.8 Å². The number of para-hydroxylation sites is 1. The first-order chi connectivity index (χ1) is 15.5. The summed E-state index contributed by atoms with van der Waals surface area (Å²) in [6.07, 6.45) is 5.80. The molecule has 3 aromatic heterocycles. The van der Waals surface area contributed by atoms with Gasteiger partial charge in [0.1, 0.15) is 17.6 Å². The molecule has 1 aromatic carbocycles. The average molecular weight is 452 g/mol. The Morgan fingerprint density at radius 3 is 2.81 bits per heavy atom. The number of thiazole rings is 1. The molecule has 9 nitrogen and oxygen atoms in total. The number of carbonyl (C=O) groups excluding carboxylic acids is 1. The zero-order chi connectivity index (χ0) is 22.2. The largest absolute Gasteiger partial charge is 0.352 e. The third kappa shape index (κ3) is 3.64. The monoisotopic (exact) mass is 451 g/mol. The molecule has 1 aliphatic rings. The van der Waals surface area contributed by atoms with Gasteiger partial charge in [-0.3, -0.25) is 4.79 Å². The van der Waals surface area contributed by atoms with E-state index in [0.29, 0.717) is 11.3 Å². The number of aryl methyl sites for hydroxylation is 2. The summed E-state index contributed by atoms with van der Waals surface area (Å²) in [4.78, 5) is 36.9. The van der Waals surface area contributed by atoms with Gasteiger partial charge in [-0.15, -0.1) is 5.10 Å². The molecule has 0 bridgehead atoms. The summed E-state index contributed by atoms with van der Waals surface area (Å²) in [7, 11) is 0. The molecular formula is C22H25N7O2S. The summed E-state index contributed by atoms with van der Waals surface area (Å²) in [5, 5.41) is 8.33. The van der Waals surface area contributed by atoms with E-state index in [4.69, 9.17) is 0 Å². The van der Waals surface area contributed by atoms with E-state index in [1.807, 2.05) is 32.0 Å². The summed E-state index contributed by atoms with van der Waals surface area (Å²) >= 11 is 1.50. The van der Waals surface area contributed by atoms with E-state index in [0.717, 1.165) is 59.0 Å². The van der Waals surface area contributed by atoms with E-state index < -0.39 is 5.69 Å². The first-order valence-electron chi connectivity index (χ1n) is 10.9. The Hall–Kier alpha value is -3.27. The van der Waals surface area contributed by atoms with E-state index in [9.17, 15) is 9.59 Å². The molecule has 32 heavy (non-hydrogen) atoms. The lowest BCUT2D eigenvalue weighted by molar-refractivity contribution is -0.117. The van der Waals surface area contributed by atoms with Gasteiger partial charge in [0.25, 0.3) is 0 Å². The minimum absolute atomic E-state index is 0.169. The van der Waals surface area contributed by atoms with Crippen molar-refractivity contribution in [2.24, 2.45) is 0 Å². The lowest BCUT2D eigenvalue weighted by Crippen LogP contribution is -2.29. The van der Waals surface area contributed by atoms with Gasteiger partial charge in [-0.25, -0.2) is 18.9 Å². The van der Waals surface area contributed by atoms with Gasteiger partial charge >= 0.3 is 5.69 Å². The molecule has 1 N–H and O–H groups in total. The molecule has 1 fully saturated rings. The van der Waals surface area contributed by atoms with E-state index in [2.05, 4.69) is 25.3 Å². The number of hydrogen-bond donors (Lipinski definition) is 1. The van der Waals surface area contributed by atoms with Crippen LogP contribution in [-0.4, -0.2) is 43.1 Å². The van der Waals surface area contributed by atoms with Crippen molar-refractivity contribution in [2.45, 2.75) is 46.1 Å². The van der Waals surface area contributed by atoms with E-state index in [-0.39, 0.29) is 12.5 Å². The third-order valence-electron chi connectivity index (χ3n) is 5.89.